The van der Waals surface area contributed by atoms with Gasteiger partial charge in [-0.15, -0.1) is 0 Å². The second-order valence-electron chi connectivity index (χ2n) is 6.68. The lowest BCUT2D eigenvalue weighted by molar-refractivity contribution is -0.120. The maximum absolute atomic E-state index is 12.6. The number of hydrogen-bond acceptors (Lipinski definition) is 5. The van der Waals surface area contributed by atoms with E-state index >= 15 is 0 Å². The van der Waals surface area contributed by atoms with E-state index in [0.29, 0.717) is 43.6 Å². The fraction of sp³-hybridized carbons (Fsp3) is 0.318. The van der Waals surface area contributed by atoms with Gasteiger partial charge in [0.2, 0.25) is 5.91 Å². The number of benzene rings is 2. The van der Waals surface area contributed by atoms with Crippen molar-refractivity contribution in [1.29, 1.82) is 0 Å². The fourth-order valence-corrected chi connectivity index (χ4v) is 2.84. The van der Waals surface area contributed by atoms with Crippen molar-refractivity contribution in [3.8, 4) is 17.2 Å². The number of carbonyl (C=O) groups is 1. The van der Waals surface area contributed by atoms with Crippen molar-refractivity contribution in [2.24, 2.45) is 0 Å². The highest BCUT2D eigenvalue weighted by Crippen LogP contribution is 2.32. The third kappa shape index (κ3) is 5.04. The molecule has 1 aliphatic rings. The van der Waals surface area contributed by atoms with E-state index in [4.69, 9.17) is 14.2 Å². The first-order valence-electron chi connectivity index (χ1n) is 9.30. The van der Waals surface area contributed by atoms with Gasteiger partial charge >= 0.3 is 0 Å². The molecule has 0 fully saturated rings. The summed E-state index contributed by atoms with van der Waals surface area (Å²) in [6.45, 7) is 7.71. The van der Waals surface area contributed by atoms with E-state index in [2.05, 4.69) is 11.9 Å². The van der Waals surface area contributed by atoms with Crippen LogP contribution >= 0.6 is 0 Å². The highest BCUT2D eigenvalue weighted by molar-refractivity contribution is 5.94. The molecular weight excluding hydrogens is 356 g/mol. The number of likely N-dealkylation sites (N-methyl/N-ethyl adjacent to an activating group) is 1. The molecule has 0 unspecified atom stereocenters. The molecule has 0 saturated heterocycles. The molecule has 0 aromatic heterocycles. The smallest absolute Gasteiger partial charge is 0.241 e. The van der Waals surface area contributed by atoms with Gasteiger partial charge in [-0.3, -0.25) is 9.69 Å². The first-order chi connectivity index (χ1) is 13.6. The lowest BCUT2D eigenvalue weighted by Crippen LogP contribution is -2.39. The number of nitrogens with zero attached hydrogens (tertiary/aromatic N) is 1. The molecule has 1 amide bonds. The van der Waals surface area contributed by atoms with Crippen LogP contribution in [-0.4, -0.2) is 43.7 Å². The predicted molar refractivity (Wildman–Crippen MR) is 109 cm³/mol. The van der Waals surface area contributed by atoms with Crippen LogP contribution in [0.2, 0.25) is 0 Å². The van der Waals surface area contributed by atoms with Gasteiger partial charge in [-0.2, -0.15) is 0 Å². The minimum Gasteiger partial charge on any atom is -0.490 e. The van der Waals surface area contributed by atoms with E-state index < -0.39 is 0 Å². The Labute approximate surface area is 165 Å². The summed E-state index contributed by atoms with van der Waals surface area (Å²) in [5.41, 5.74) is 1.80. The van der Waals surface area contributed by atoms with E-state index in [9.17, 15) is 4.79 Å². The standard InChI is InChI=1S/C22H26N2O4/c1-4-11-26-19-8-5-17(6-9-19)15-24(3)16(2)22(25)23-18-7-10-20-21(14-18)28-13-12-27-20/h4-10,14,16H,1,11-13,15H2,2-3H3,(H,23,25)/t16-/m1/s1. The molecule has 0 aliphatic carbocycles. The summed E-state index contributed by atoms with van der Waals surface area (Å²) >= 11 is 0. The largest absolute Gasteiger partial charge is 0.490 e. The first kappa shape index (κ1) is 19.8. The fourth-order valence-electron chi connectivity index (χ4n) is 2.84. The molecule has 1 atom stereocenters. The molecule has 148 valence electrons. The Morgan fingerprint density at radius 3 is 2.64 bits per heavy atom. The normalized spacial score (nSPS) is 13.7. The van der Waals surface area contributed by atoms with Gasteiger partial charge in [0, 0.05) is 18.3 Å². The molecule has 6 nitrogen and oxygen atoms in total. The summed E-state index contributed by atoms with van der Waals surface area (Å²) in [5, 5.41) is 2.95. The molecular formula is C22H26N2O4. The monoisotopic (exact) mass is 382 g/mol. The number of anilines is 1. The molecule has 1 N–H and O–H groups in total. The van der Waals surface area contributed by atoms with Gasteiger partial charge in [-0.1, -0.05) is 24.8 Å². The maximum Gasteiger partial charge on any atom is 0.241 e. The van der Waals surface area contributed by atoms with Crippen molar-refractivity contribution in [1.82, 2.24) is 4.90 Å². The predicted octanol–water partition coefficient (Wildman–Crippen LogP) is 3.48. The number of ether oxygens (including phenoxy) is 3. The number of amides is 1. The Morgan fingerprint density at radius 1 is 1.21 bits per heavy atom. The van der Waals surface area contributed by atoms with E-state index in [0.717, 1.165) is 11.3 Å². The molecule has 2 aromatic rings. The summed E-state index contributed by atoms with van der Waals surface area (Å²) in [6.07, 6.45) is 1.71. The van der Waals surface area contributed by atoms with Gasteiger partial charge < -0.3 is 19.5 Å². The molecule has 6 heteroatoms. The Kier molecular flexibility index (Phi) is 6.55. The maximum atomic E-state index is 12.6. The van der Waals surface area contributed by atoms with Crippen LogP contribution in [0.1, 0.15) is 12.5 Å². The zero-order valence-electron chi connectivity index (χ0n) is 16.3. The Bertz CT molecular complexity index is 820. The third-order valence-electron chi connectivity index (χ3n) is 4.57. The molecule has 1 aliphatic heterocycles. The van der Waals surface area contributed by atoms with Gasteiger partial charge in [-0.05, 0) is 43.8 Å². The molecule has 2 aromatic carbocycles. The minimum absolute atomic E-state index is 0.0786. The Hall–Kier alpha value is -2.99. The van der Waals surface area contributed by atoms with Gasteiger partial charge in [-0.25, -0.2) is 0 Å². The topological polar surface area (TPSA) is 60.0 Å². The lowest BCUT2D eigenvalue weighted by atomic mass is 10.1. The van der Waals surface area contributed by atoms with Crippen molar-refractivity contribution in [3.63, 3.8) is 0 Å². The van der Waals surface area contributed by atoms with Gasteiger partial charge in [0.25, 0.3) is 0 Å². The summed E-state index contributed by atoms with van der Waals surface area (Å²) < 4.78 is 16.6. The van der Waals surface area contributed by atoms with Crippen LogP contribution in [0.3, 0.4) is 0 Å². The molecule has 0 radical (unpaired) electrons. The van der Waals surface area contributed by atoms with E-state index in [1.165, 1.54) is 0 Å². The average Bonchev–Trinajstić information content (AvgIpc) is 2.72. The number of rotatable bonds is 8. The van der Waals surface area contributed by atoms with Crippen LogP contribution in [0.15, 0.2) is 55.1 Å². The van der Waals surface area contributed by atoms with Crippen molar-refractivity contribution in [2.45, 2.75) is 19.5 Å². The summed E-state index contributed by atoms with van der Waals surface area (Å²) in [6, 6.07) is 13.0. The Balaban J connectivity index is 1.55. The van der Waals surface area contributed by atoms with E-state index in [1.807, 2.05) is 55.3 Å². The van der Waals surface area contributed by atoms with Gasteiger partial charge in [0.15, 0.2) is 11.5 Å². The highest BCUT2D eigenvalue weighted by Gasteiger charge is 2.19. The average molecular weight is 382 g/mol. The Morgan fingerprint density at radius 2 is 1.93 bits per heavy atom. The zero-order chi connectivity index (χ0) is 19.9. The highest BCUT2D eigenvalue weighted by atomic mass is 16.6. The third-order valence-corrected chi connectivity index (χ3v) is 4.57. The second kappa shape index (κ2) is 9.28. The number of hydrogen-bond donors (Lipinski definition) is 1. The number of carbonyl (C=O) groups excluding carboxylic acids is 1. The summed E-state index contributed by atoms with van der Waals surface area (Å²) in [7, 11) is 1.93. The van der Waals surface area contributed by atoms with Crippen LogP contribution in [0, 0.1) is 0 Å². The first-order valence-corrected chi connectivity index (χ1v) is 9.30. The number of fused-ring (bicyclic) bond motifs is 1. The van der Waals surface area contributed by atoms with Gasteiger partial charge in [0.1, 0.15) is 25.6 Å². The summed E-state index contributed by atoms with van der Waals surface area (Å²) in [5.74, 6) is 2.08. The van der Waals surface area contributed by atoms with Crippen molar-refractivity contribution in [2.75, 3.05) is 32.2 Å². The number of nitrogens with one attached hydrogen (secondary N) is 1. The minimum atomic E-state index is -0.301. The van der Waals surface area contributed by atoms with E-state index in [-0.39, 0.29) is 11.9 Å². The molecule has 28 heavy (non-hydrogen) atoms. The SMILES string of the molecule is C=CCOc1ccc(CN(C)[C@H](C)C(=O)Nc2ccc3c(c2)OCCO3)cc1. The van der Waals surface area contributed by atoms with Crippen LogP contribution in [0.4, 0.5) is 5.69 Å². The molecule has 0 bridgehead atoms. The van der Waals surface area contributed by atoms with Crippen LogP contribution in [0.5, 0.6) is 17.2 Å². The molecule has 0 spiro atoms. The van der Waals surface area contributed by atoms with E-state index in [1.54, 1.807) is 12.1 Å². The van der Waals surface area contributed by atoms with Crippen molar-refractivity contribution in [3.05, 3.63) is 60.7 Å². The van der Waals surface area contributed by atoms with Crippen LogP contribution in [0.25, 0.3) is 0 Å². The van der Waals surface area contributed by atoms with Crippen LogP contribution in [-0.2, 0) is 11.3 Å². The quantitative estimate of drug-likeness (QED) is 0.709. The summed E-state index contributed by atoms with van der Waals surface area (Å²) in [4.78, 5) is 14.6. The van der Waals surface area contributed by atoms with Crippen LogP contribution < -0.4 is 19.5 Å². The van der Waals surface area contributed by atoms with Crippen molar-refractivity contribution < 1.29 is 19.0 Å². The molecule has 3 rings (SSSR count). The zero-order valence-corrected chi connectivity index (χ0v) is 16.3. The molecule has 1 heterocycles. The molecule has 0 saturated carbocycles. The van der Waals surface area contributed by atoms with Gasteiger partial charge in [0.05, 0.1) is 6.04 Å². The second-order valence-corrected chi connectivity index (χ2v) is 6.68. The van der Waals surface area contributed by atoms with Crippen molar-refractivity contribution >= 4 is 11.6 Å². The lowest BCUT2D eigenvalue weighted by Gasteiger charge is -2.24.